The van der Waals surface area contributed by atoms with Crippen LogP contribution in [0.25, 0.3) is 0 Å². The number of carboxylic acids is 1. The second-order valence-corrected chi connectivity index (χ2v) is 17.1. The van der Waals surface area contributed by atoms with Crippen LogP contribution in [-0.4, -0.2) is 75.5 Å². The fourth-order valence-corrected chi connectivity index (χ4v) is 6.52. The topological polar surface area (TPSA) is 102 Å². The number of quaternary nitrogens is 1. The Hall–Kier alpha value is -4.01. The van der Waals surface area contributed by atoms with Crippen molar-refractivity contribution in [1.82, 2.24) is 0 Å². The maximum absolute atomic E-state index is 12.8. The lowest BCUT2D eigenvalue weighted by Crippen LogP contribution is -2.55. The highest BCUT2D eigenvalue weighted by atomic mass is 16.6. The van der Waals surface area contributed by atoms with Gasteiger partial charge in [0.05, 0.1) is 40.3 Å². The third-order valence-corrected chi connectivity index (χ3v) is 10.3. The maximum Gasteiger partial charge on any atom is 0.306 e. The quantitative estimate of drug-likeness (QED) is 0.0198. The standard InChI is InChI=1S/C55H89NO7/c1-6-8-10-12-14-16-18-20-22-24-25-26-27-28-30-32-34-36-38-40-42-44-46-54(58)63-51(49-61-48-47-52(55(59)60)56(3,4)5)50-62-53(57)45-43-41-39-37-35-33-31-29-23-21-19-17-15-13-11-9-7-2/h9,11,13-17,19-23,25-26,29,31,33,35,51-52H,6-8,10,12,18,24,27-28,30,32,34,36-50H2,1-5H3/b11-9+,15-13+,16-14+,19-17+,22-20+,23-21+,26-25+,31-29+,35-33+. The highest BCUT2D eigenvalue weighted by Crippen LogP contribution is 2.14. The number of carbonyl (C=O) groups is 3. The molecule has 2 atom stereocenters. The van der Waals surface area contributed by atoms with E-state index in [9.17, 15) is 19.5 Å². The number of hydrogen-bond donors (Lipinski definition) is 0. The predicted molar refractivity (Wildman–Crippen MR) is 263 cm³/mol. The first-order valence-electron chi connectivity index (χ1n) is 24.5. The molecule has 2 unspecified atom stereocenters. The molecule has 0 aromatic carbocycles. The molecule has 356 valence electrons. The molecule has 8 nitrogen and oxygen atoms in total. The molecule has 0 saturated carbocycles. The Morgan fingerprint density at radius 2 is 0.952 bits per heavy atom. The Kier molecular flexibility index (Phi) is 41.8. The van der Waals surface area contributed by atoms with E-state index in [1.165, 1.54) is 64.2 Å². The lowest BCUT2D eigenvalue weighted by molar-refractivity contribution is -0.889. The maximum atomic E-state index is 12.8. The molecule has 0 aliphatic rings. The van der Waals surface area contributed by atoms with Gasteiger partial charge in [-0.2, -0.15) is 0 Å². The van der Waals surface area contributed by atoms with Crippen LogP contribution in [0.3, 0.4) is 0 Å². The van der Waals surface area contributed by atoms with E-state index in [2.05, 4.69) is 62.5 Å². The van der Waals surface area contributed by atoms with Crippen LogP contribution in [0.5, 0.6) is 0 Å². The zero-order chi connectivity index (χ0) is 46.3. The first-order valence-corrected chi connectivity index (χ1v) is 24.5. The Bertz CT molecular complexity index is 1390. The molecular weight excluding hydrogens is 787 g/mol. The number of ether oxygens (including phenoxy) is 3. The molecule has 0 amide bonds. The van der Waals surface area contributed by atoms with Gasteiger partial charge in [0.25, 0.3) is 0 Å². The minimum Gasteiger partial charge on any atom is -0.544 e. The molecule has 0 aliphatic heterocycles. The molecule has 0 aromatic rings. The summed E-state index contributed by atoms with van der Waals surface area (Å²) in [5.41, 5.74) is 0. The van der Waals surface area contributed by atoms with Crippen LogP contribution in [0.1, 0.15) is 168 Å². The Balaban J connectivity index is 4.38. The number of aliphatic carboxylic acids is 1. The van der Waals surface area contributed by atoms with Crippen LogP contribution in [-0.2, 0) is 28.6 Å². The van der Waals surface area contributed by atoms with E-state index < -0.39 is 18.1 Å². The van der Waals surface area contributed by atoms with Gasteiger partial charge in [0.1, 0.15) is 12.6 Å². The monoisotopic (exact) mass is 876 g/mol. The largest absolute Gasteiger partial charge is 0.544 e. The summed E-state index contributed by atoms with van der Waals surface area (Å²) in [5, 5.41) is 11.7. The van der Waals surface area contributed by atoms with Gasteiger partial charge in [-0.3, -0.25) is 9.59 Å². The van der Waals surface area contributed by atoms with E-state index in [1.807, 2.05) is 60.8 Å². The van der Waals surface area contributed by atoms with Gasteiger partial charge < -0.3 is 28.6 Å². The molecule has 8 heteroatoms. The summed E-state index contributed by atoms with van der Waals surface area (Å²) >= 11 is 0. The van der Waals surface area contributed by atoms with Crippen molar-refractivity contribution >= 4 is 17.9 Å². The van der Waals surface area contributed by atoms with E-state index >= 15 is 0 Å². The number of likely N-dealkylation sites (N-methyl/N-ethyl adjacent to an activating group) is 1. The number of nitrogens with zero attached hydrogens (tertiary/aromatic N) is 1. The summed E-state index contributed by atoms with van der Waals surface area (Å²) in [5.74, 6) is -1.81. The minimum atomic E-state index is -1.14. The van der Waals surface area contributed by atoms with Crippen molar-refractivity contribution in [2.45, 2.75) is 180 Å². The summed E-state index contributed by atoms with van der Waals surface area (Å²) in [4.78, 5) is 37.0. The van der Waals surface area contributed by atoms with E-state index in [0.29, 0.717) is 12.8 Å². The second-order valence-electron chi connectivity index (χ2n) is 17.1. The molecule has 0 heterocycles. The average molecular weight is 876 g/mol. The summed E-state index contributed by atoms with van der Waals surface area (Å²) < 4.78 is 17.2. The van der Waals surface area contributed by atoms with Gasteiger partial charge in [0.2, 0.25) is 0 Å². The SMILES string of the molecule is CC/C=C/C=C/C=C/C=C/C=C/C=C/CCCCCC(=O)OCC(COCCC(C(=O)[O-])[N+](C)(C)C)OC(=O)CCCCCCCCCCC/C=C/C/C=C/C/C=C/CCCCC. The molecule has 0 aliphatic carbocycles. The highest BCUT2D eigenvalue weighted by Gasteiger charge is 2.25. The summed E-state index contributed by atoms with van der Waals surface area (Å²) in [6.07, 6.45) is 61.1. The van der Waals surface area contributed by atoms with Crippen LogP contribution in [0.4, 0.5) is 0 Å². The van der Waals surface area contributed by atoms with Crippen LogP contribution in [0.2, 0.25) is 0 Å². The van der Waals surface area contributed by atoms with Crippen LogP contribution >= 0.6 is 0 Å². The summed E-state index contributed by atoms with van der Waals surface area (Å²) in [7, 11) is 5.38. The number of hydrogen-bond acceptors (Lipinski definition) is 7. The van der Waals surface area contributed by atoms with Crippen molar-refractivity contribution in [3.63, 3.8) is 0 Å². The van der Waals surface area contributed by atoms with Crippen molar-refractivity contribution < 1.29 is 38.2 Å². The fraction of sp³-hybridized carbons (Fsp3) is 0.618. The van der Waals surface area contributed by atoms with Gasteiger partial charge in [-0.1, -0.05) is 187 Å². The lowest BCUT2D eigenvalue weighted by Gasteiger charge is -2.34. The van der Waals surface area contributed by atoms with Crippen molar-refractivity contribution in [1.29, 1.82) is 0 Å². The molecule has 63 heavy (non-hydrogen) atoms. The minimum absolute atomic E-state index is 0.0164. The van der Waals surface area contributed by atoms with Crippen LogP contribution in [0.15, 0.2) is 109 Å². The Morgan fingerprint density at radius 3 is 1.48 bits per heavy atom. The molecular formula is C55H89NO7. The van der Waals surface area contributed by atoms with Gasteiger partial charge in [-0.25, -0.2) is 0 Å². The fourth-order valence-electron chi connectivity index (χ4n) is 6.52. The van der Waals surface area contributed by atoms with Crippen LogP contribution < -0.4 is 5.11 Å². The lowest BCUT2D eigenvalue weighted by atomic mass is 10.1. The molecule has 0 N–H and O–H groups in total. The Morgan fingerprint density at radius 1 is 0.508 bits per heavy atom. The summed E-state index contributed by atoms with van der Waals surface area (Å²) in [6, 6.07) is -0.741. The van der Waals surface area contributed by atoms with Crippen LogP contribution in [0, 0.1) is 0 Å². The van der Waals surface area contributed by atoms with E-state index in [-0.39, 0.29) is 49.1 Å². The molecule has 0 rings (SSSR count). The number of carboxylic acid groups (broad SMARTS) is 1. The van der Waals surface area contributed by atoms with E-state index in [0.717, 1.165) is 64.2 Å². The molecule has 0 aromatic heterocycles. The van der Waals surface area contributed by atoms with Gasteiger partial charge in [0.15, 0.2) is 6.10 Å². The first kappa shape index (κ1) is 59.0. The number of rotatable bonds is 42. The third-order valence-electron chi connectivity index (χ3n) is 10.3. The molecule has 0 spiro atoms. The number of allylic oxidation sites excluding steroid dienone is 18. The van der Waals surface area contributed by atoms with E-state index in [4.69, 9.17) is 14.2 Å². The predicted octanol–water partition coefficient (Wildman–Crippen LogP) is 12.7. The van der Waals surface area contributed by atoms with Gasteiger partial charge in [-0.15, -0.1) is 0 Å². The third kappa shape index (κ3) is 43.0. The normalized spacial score (nSPS) is 13.9. The average Bonchev–Trinajstić information content (AvgIpc) is 3.24. The molecule has 0 radical (unpaired) electrons. The van der Waals surface area contributed by atoms with Crippen molar-refractivity contribution in [3.8, 4) is 0 Å². The number of esters is 2. The first-order chi connectivity index (χ1) is 30.6. The smallest absolute Gasteiger partial charge is 0.306 e. The summed E-state index contributed by atoms with van der Waals surface area (Å²) in [6.45, 7) is 4.42. The molecule has 0 fully saturated rings. The second kappa shape index (κ2) is 44.6. The van der Waals surface area contributed by atoms with E-state index in [1.54, 1.807) is 21.1 Å². The molecule has 0 saturated heterocycles. The van der Waals surface area contributed by atoms with Crippen molar-refractivity contribution in [2.24, 2.45) is 0 Å². The molecule has 0 bridgehead atoms. The Labute approximate surface area is 385 Å². The van der Waals surface area contributed by atoms with Gasteiger partial charge in [-0.05, 0) is 70.6 Å². The van der Waals surface area contributed by atoms with Gasteiger partial charge in [0, 0.05) is 19.3 Å². The number of unbranched alkanes of at least 4 members (excludes halogenated alkanes) is 15. The number of carbonyl (C=O) groups excluding carboxylic acids is 3. The van der Waals surface area contributed by atoms with Crippen molar-refractivity contribution in [3.05, 3.63) is 109 Å². The highest BCUT2D eigenvalue weighted by molar-refractivity contribution is 5.70. The zero-order valence-electron chi connectivity index (χ0n) is 40.4. The van der Waals surface area contributed by atoms with Gasteiger partial charge >= 0.3 is 11.9 Å². The van der Waals surface area contributed by atoms with Crippen molar-refractivity contribution in [2.75, 3.05) is 41.0 Å². The zero-order valence-corrected chi connectivity index (χ0v) is 40.4.